The first-order valence-corrected chi connectivity index (χ1v) is 6.98. The quantitative estimate of drug-likeness (QED) is 0.748. The number of nitrogens with two attached hydrogens (primary N) is 1. The van der Waals surface area contributed by atoms with Gasteiger partial charge in [-0.25, -0.2) is 4.98 Å². The second-order valence-corrected chi connectivity index (χ2v) is 5.35. The Morgan fingerprint density at radius 1 is 1.05 bits per heavy atom. The van der Waals surface area contributed by atoms with Gasteiger partial charge in [-0.1, -0.05) is 42.5 Å². The molecule has 0 atom stereocenters. The van der Waals surface area contributed by atoms with E-state index in [2.05, 4.69) is 4.98 Å². The van der Waals surface area contributed by atoms with Gasteiger partial charge in [0, 0.05) is 0 Å². The summed E-state index contributed by atoms with van der Waals surface area (Å²) in [7, 11) is 0. The van der Waals surface area contributed by atoms with Crippen LogP contribution in [-0.2, 0) is 4.79 Å². The van der Waals surface area contributed by atoms with Gasteiger partial charge in [-0.05, 0) is 23.8 Å². The lowest BCUT2D eigenvalue weighted by Crippen LogP contribution is -2.12. The number of thiazole rings is 1. The third-order valence-corrected chi connectivity index (χ3v) is 3.97. The Hall–Kier alpha value is -2.46. The number of hydrogen-bond acceptors (Lipinski definition) is 3. The first kappa shape index (κ1) is 12.6. The maximum atomic E-state index is 11.7. The van der Waals surface area contributed by atoms with Crippen LogP contribution in [-0.4, -0.2) is 10.9 Å². The molecule has 3 rings (SSSR count). The molecule has 3 aromatic rings. The van der Waals surface area contributed by atoms with Gasteiger partial charge in [0.05, 0.1) is 15.8 Å². The highest BCUT2D eigenvalue weighted by Gasteiger charge is 2.13. The normalized spacial score (nSPS) is 11.7. The molecule has 2 aromatic carbocycles. The summed E-state index contributed by atoms with van der Waals surface area (Å²) in [5, 5.41) is 0.655. The molecule has 1 heterocycles. The minimum absolute atomic E-state index is 0.442. The lowest BCUT2D eigenvalue weighted by molar-refractivity contribution is -0.112. The number of hydrogen-bond donors (Lipinski definition) is 1. The van der Waals surface area contributed by atoms with Gasteiger partial charge in [-0.3, -0.25) is 4.79 Å². The van der Waals surface area contributed by atoms with Gasteiger partial charge in [0.2, 0.25) is 0 Å². The molecule has 0 saturated heterocycles. The van der Waals surface area contributed by atoms with E-state index in [0.29, 0.717) is 10.6 Å². The molecular formula is C16H12N2OS. The lowest BCUT2D eigenvalue weighted by atomic mass is 10.1. The number of rotatable bonds is 3. The molecule has 0 bridgehead atoms. The molecule has 0 spiro atoms. The number of aromatic nitrogens is 1. The molecule has 0 radical (unpaired) electrons. The largest absolute Gasteiger partial charge is 0.366 e. The average molecular weight is 280 g/mol. The number of carbonyl (C=O) groups excluding carboxylic acids is 1. The van der Waals surface area contributed by atoms with Crippen molar-refractivity contribution in [1.29, 1.82) is 0 Å². The van der Waals surface area contributed by atoms with Gasteiger partial charge in [0.1, 0.15) is 5.01 Å². The van der Waals surface area contributed by atoms with E-state index in [1.807, 2.05) is 54.6 Å². The number of benzene rings is 2. The Kier molecular flexibility index (Phi) is 3.31. The number of primary amides is 1. The average Bonchev–Trinajstić information content (AvgIpc) is 2.89. The van der Waals surface area contributed by atoms with Crippen molar-refractivity contribution < 1.29 is 4.79 Å². The zero-order valence-electron chi connectivity index (χ0n) is 10.6. The molecule has 0 fully saturated rings. The van der Waals surface area contributed by atoms with Crippen molar-refractivity contribution in [2.24, 2.45) is 5.73 Å². The van der Waals surface area contributed by atoms with E-state index in [4.69, 9.17) is 5.73 Å². The molecule has 98 valence electrons. The van der Waals surface area contributed by atoms with Gasteiger partial charge in [0.15, 0.2) is 0 Å². The van der Waals surface area contributed by atoms with E-state index in [1.165, 1.54) is 11.3 Å². The van der Waals surface area contributed by atoms with Crippen LogP contribution in [0.1, 0.15) is 10.6 Å². The van der Waals surface area contributed by atoms with Crippen LogP contribution in [0, 0.1) is 0 Å². The van der Waals surface area contributed by atoms with Crippen LogP contribution in [0.2, 0.25) is 0 Å². The Morgan fingerprint density at radius 3 is 2.45 bits per heavy atom. The molecule has 1 aromatic heterocycles. The summed E-state index contributed by atoms with van der Waals surface area (Å²) >= 11 is 1.47. The van der Waals surface area contributed by atoms with Crippen molar-refractivity contribution in [2.45, 2.75) is 0 Å². The van der Waals surface area contributed by atoms with Crippen LogP contribution < -0.4 is 5.73 Å². The molecule has 4 heteroatoms. The zero-order chi connectivity index (χ0) is 13.9. The van der Waals surface area contributed by atoms with Crippen molar-refractivity contribution in [3.8, 4) is 0 Å². The summed E-state index contributed by atoms with van der Waals surface area (Å²) in [6.45, 7) is 0. The molecule has 0 aliphatic rings. The highest BCUT2D eigenvalue weighted by atomic mass is 32.1. The van der Waals surface area contributed by atoms with E-state index in [9.17, 15) is 4.79 Å². The van der Waals surface area contributed by atoms with E-state index in [1.54, 1.807) is 6.08 Å². The predicted molar refractivity (Wildman–Crippen MR) is 83.1 cm³/mol. The van der Waals surface area contributed by atoms with Crippen molar-refractivity contribution in [3.63, 3.8) is 0 Å². The highest BCUT2D eigenvalue weighted by molar-refractivity contribution is 7.19. The van der Waals surface area contributed by atoms with Crippen LogP contribution in [0.4, 0.5) is 0 Å². The fourth-order valence-corrected chi connectivity index (χ4v) is 2.93. The molecule has 20 heavy (non-hydrogen) atoms. The Balaban J connectivity index is 2.11. The summed E-state index contributed by atoms with van der Waals surface area (Å²) in [5.41, 5.74) is 7.75. The summed E-state index contributed by atoms with van der Waals surface area (Å²) in [6, 6.07) is 17.4. The smallest absolute Gasteiger partial charge is 0.251 e. The summed E-state index contributed by atoms with van der Waals surface area (Å²) in [5.74, 6) is -0.465. The van der Waals surface area contributed by atoms with Gasteiger partial charge < -0.3 is 5.73 Å². The second kappa shape index (κ2) is 5.27. The summed E-state index contributed by atoms with van der Waals surface area (Å²) in [6.07, 6.45) is 1.78. The molecule has 2 N–H and O–H groups in total. The molecular weight excluding hydrogens is 268 g/mol. The Bertz CT molecular complexity index is 757. The molecule has 0 aliphatic heterocycles. The van der Waals surface area contributed by atoms with E-state index < -0.39 is 5.91 Å². The maximum Gasteiger partial charge on any atom is 0.251 e. The molecule has 0 unspecified atom stereocenters. The first-order chi connectivity index (χ1) is 9.74. The van der Waals surface area contributed by atoms with Gasteiger partial charge in [-0.15, -0.1) is 11.3 Å². The zero-order valence-corrected chi connectivity index (χ0v) is 11.4. The second-order valence-electron chi connectivity index (χ2n) is 4.32. The van der Waals surface area contributed by atoms with Crippen molar-refractivity contribution in [3.05, 3.63) is 65.2 Å². The standard InChI is InChI=1S/C16H12N2OS/c17-15(19)12(10-11-6-2-1-3-7-11)16-18-13-8-4-5-9-14(13)20-16/h1-10H,(H2,17,19)/b12-10-. The Morgan fingerprint density at radius 2 is 1.75 bits per heavy atom. The third kappa shape index (κ3) is 2.46. The van der Waals surface area contributed by atoms with Crippen LogP contribution in [0.15, 0.2) is 54.6 Å². The predicted octanol–water partition coefficient (Wildman–Crippen LogP) is 3.32. The van der Waals surface area contributed by atoms with Crippen molar-refractivity contribution in [2.75, 3.05) is 0 Å². The topological polar surface area (TPSA) is 56.0 Å². The fourth-order valence-electron chi connectivity index (χ4n) is 1.94. The maximum absolute atomic E-state index is 11.7. The van der Waals surface area contributed by atoms with Gasteiger partial charge in [0.25, 0.3) is 5.91 Å². The van der Waals surface area contributed by atoms with Crippen LogP contribution in [0.5, 0.6) is 0 Å². The van der Waals surface area contributed by atoms with Crippen LogP contribution in [0.3, 0.4) is 0 Å². The highest BCUT2D eigenvalue weighted by Crippen LogP contribution is 2.28. The monoisotopic (exact) mass is 280 g/mol. The van der Waals surface area contributed by atoms with Crippen molar-refractivity contribution >= 4 is 39.1 Å². The minimum atomic E-state index is -0.465. The molecule has 3 nitrogen and oxygen atoms in total. The first-order valence-electron chi connectivity index (χ1n) is 6.16. The third-order valence-electron chi connectivity index (χ3n) is 2.90. The van der Waals surface area contributed by atoms with Gasteiger partial charge >= 0.3 is 0 Å². The molecule has 0 saturated carbocycles. The number of nitrogens with zero attached hydrogens (tertiary/aromatic N) is 1. The summed E-state index contributed by atoms with van der Waals surface area (Å²) < 4.78 is 1.04. The lowest BCUT2D eigenvalue weighted by Gasteiger charge is -1.99. The van der Waals surface area contributed by atoms with E-state index >= 15 is 0 Å². The SMILES string of the molecule is NC(=O)/C(=C/c1ccccc1)c1nc2ccccc2s1. The number of carbonyl (C=O) groups is 1. The number of fused-ring (bicyclic) bond motifs is 1. The number of para-hydroxylation sites is 1. The van der Waals surface area contributed by atoms with Crippen LogP contribution in [0.25, 0.3) is 21.9 Å². The molecule has 1 amide bonds. The van der Waals surface area contributed by atoms with Crippen LogP contribution >= 0.6 is 11.3 Å². The minimum Gasteiger partial charge on any atom is -0.366 e. The summed E-state index contributed by atoms with van der Waals surface area (Å²) in [4.78, 5) is 16.2. The molecule has 0 aliphatic carbocycles. The number of amides is 1. The van der Waals surface area contributed by atoms with Crippen molar-refractivity contribution in [1.82, 2.24) is 4.98 Å². The fraction of sp³-hybridized carbons (Fsp3) is 0. The van der Waals surface area contributed by atoms with E-state index in [-0.39, 0.29) is 0 Å². The van der Waals surface area contributed by atoms with Gasteiger partial charge in [-0.2, -0.15) is 0 Å². The Labute approximate surface area is 120 Å². The van der Waals surface area contributed by atoms with E-state index in [0.717, 1.165) is 15.8 Å².